The molecule has 0 saturated heterocycles. The molecule has 6 fully saturated rings. The van der Waals surface area contributed by atoms with Crippen molar-refractivity contribution in [2.45, 2.75) is 26.7 Å². The van der Waals surface area contributed by atoms with Crippen molar-refractivity contribution in [3.63, 3.8) is 0 Å². The molecule has 6 rings (SSSR count). The van der Waals surface area contributed by atoms with Crippen LogP contribution in [-0.4, -0.2) is 0 Å². The van der Waals surface area contributed by atoms with E-state index in [2.05, 4.69) is 13.8 Å². The summed E-state index contributed by atoms with van der Waals surface area (Å²) in [6.45, 7) is 5.21. The standard InChI is InChI=1S/C12H16/c1-11-7-5-3-4-6-9(7)12(11,2)10(6)8(5)11/h5-10H,3-4H2,1-2H3/t5?,6?,7-,8-,9-,10+,11?,12?/m0/s1. The minimum Gasteiger partial charge on any atom is -0.0585 e. The molecule has 0 amide bonds. The number of rotatable bonds is 0. The van der Waals surface area contributed by atoms with Crippen molar-refractivity contribution < 1.29 is 0 Å². The second-order valence-corrected chi connectivity index (χ2v) is 6.57. The van der Waals surface area contributed by atoms with Gasteiger partial charge < -0.3 is 0 Å². The monoisotopic (exact) mass is 160 g/mol. The predicted octanol–water partition coefficient (Wildman–Crippen LogP) is 2.54. The van der Waals surface area contributed by atoms with Gasteiger partial charge in [-0.1, -0.05) is 13.8 Å². The Hall–Kier alpha value is 0. The summed E-state index contributed by atoms with van der Waals surface area (Å²) in [7, 11) is 0. The molecule has 64 valence electrons. The zero-order valence-electron chi connectivity index (χ0n) is 7.88. The first-order valence-corrected chi connectivity index (χ1v) is 5.72. The Morgan fingerprint density at radius 2 is 1.08 bits per heavy atom. The molecule has 0 aromatic heterocycles. The SMILES string of the molecule is CC12[C@@H]3C4CCC5[C@@H]3C1(C)[C@@H]5[C@H]42. The minimum absolute atomic E-state index is 0.879. The molecule has 12 heavy (non-hydrogen) atoms. The largest absolute Gasteiger partial charge is 0.0585 e. The van der Waals surface area contributed by atoms with E-state index in [1.807, 2.05) is 0 Å². The fraction of sp³-hybridized carbons (Fsp3) is 1.00. The number of hydrogen-bond acceptors (Lipinski definition) is 0. The molecular formula is C12H16. The highest BCUT2D eigenvalue weighted by Gasteiger charge is 2.98. The van der Waals surface area contributed by atoms with E-state index in [4.69, 9.17) is 0 Å². The first-order valence-electron chi connectivity index (χ1n) is 5.72. The van der Waals surface area contributed by atoms with Gasteiger partial charge in [-0.05, 0) is 59.2 Å². The first kappa shape index (κ1) is 5.67. The summed E-state index contributed by atoms with van der Waals surface area (Å²) in [5.74, 6) is 7.31. The van der Waals surface area contributed by atoms with Gasteiger partial charge in [0.2, 0.25) is 0 Å². The molecule has 6 aliphatic rings. The van der Waals surface area contributed by atoms with E-state index in [9.17, 15) is 0 Å². The summed E-state index contributed by atoms with van der Waals surface area (Å²) in [5.41, 5.74) is 1.76. The molecule has 6 aliphatic carbocycles. The second kappa shape index (κ2) is 1.07. The lowest BCUT2D eigenvalue weighted by molar-refractivity contribution is -0.560. The quantitative estimate of drug-likeness (QED) is 0.511. The van der Waals surface area contributed by atoms with Crippen LogP contribution in [0.3, 0.4) is 0 Å². The van der Waals surface area contributed by atoms with E-state index in [1.54, 1.807) is 12.8 Å². The third-order valence-electron chi connectivity index (χ3n) is 7.38. The van der Waals surface area contributed by atoms with Crippen molar-refractivity contribution >= 4 is 0 Å². The lowest BCUT2D eigenvalue weighted by Gasteiger charge is -3.03. The van der Waals surface area contributed by atoms with Crippen LogP contribution in [0.1, 0.15) is 26.7 Å². The van der Waals surface area contributed by atoms with Crippen LogP contribution in [0.4, 0.5) is 0 Å². The normalized spacial score (nSPS) is 90.5. The Morgan fingerprint density at radius 3 is 1.42 bits per heavy atom. The Labute approximate surface area is 73.7 Å². The van der Waals surface area contributed by atoms with Crippen LogP contribution in [0.25, 0.3) is 0 Å². The Morgan fingerprint density at radius 1 is 0.750 bits per heavy atom. The van der Waals surface area contributed by atoms with E-state index in [0.29, 0.717) is 0 Å². The molecule has 0 spiro atoms. The van der Waals surface area contributed by atoms with E-state index < -0.39 is 0 Å². The summed E-state index contributed by atoms with van der Waals surface area (Å²) in [4.78, 5) is 0. The van der Waals surface area contributed by atoms with Gasteiger partial charge in [-0.25, -0.2) is 0 Å². The molecule has 2 bridgehead atoms. The summed E-state index contributed by atoms with van der Waals surface area (Å²) in [6, 6.07) is 0. The maximum absolute atomic E-state index is 2.60. The van der Waals surface area contributed by atoms with Crippen molar-refractivity contribution in [2.75, 3.05) is 0 Å². The van der Waals surface area contributed by atoms with E-state index in [0.717, 1.165) is 10.8 Å². The highest BCUT2D eigenvalue weighted by molar-refractivity contribution is 5.44. The van der Waals surface area contributed by atoms with E-state index in [-0.39, 0.29) is 0 Å². The van der Waals surface area contributed by atoms with Crippen molar-refractivity contribution in [3.05, 3.63) is 0 Å². The van der Waals surface area contributed by atoms with E-state index in [1.165, 1.54) is 35.5 Å². The summed E-state index contributed by atoms with van der Waals surface area (Å²) in [5, 5.41) is 0. The van der Waals surface area contributed by atoms with Crippen LogP contribution < -0.4 is 0 Å². The Bertz CT molecular complexity index is 264. The third-order valence-corrected chi connectivity index (χ3v) is 7.38. The van der Waals surface area contributed by atoms with Crippen molar-refractivity contribution in [1.29, 1.82) is 0 Å². The van der Waals surface area contributed by atoms with Crippen molar-refractivity contribution in [3.8, 4) is 0 Å². The van der Waals surface area contributed by atoms with Crippen LogP contribution in [0.5, 0.6) is 0 Å². The molecule has 0 radical (unpaired) electrons. The summed E-state index contributed by atoms with van der Waals surface area (Å²) < 4.78 is 0. The Kier molecular flexibility index (Phi) is 0.508. The van der Waals surface area contributed by atoms with Gasteiger partial charge in [0.25, 0.3) is 0 Å². The molecule has 0 heteroatoms. The molecule has 0 N–H and O–H groups in total. The number of fused-ring (bicyclic) bond motifs is 1. The van der Waals surface area contributed by atoms with E-state index >= 15 is 0 Å². The first-order chi connectivity index (χ1) is 5.72. The van der Waals surface area contributed by atoms with Gasteiger partial charge in [0.15, 0.2) is 0 Å². The van der Waals surface area contributed by atoms with Gasteiger partial charge in [-0.3, -0.25) is 0 Å². The Balaban J connectivity index is 1.80. The molecule has 0 aromatic carbocycles. The number of hydrogen-bond donors (Lipinski definition) is 0. The molecule has 0 aromatic rings. The summed E-state index contributed by atoms with van der Waals surface area (Å²) >= 11 is 0. The van der Waals surface area contributed by atoms with Crippen LogP contribution in [0, 0.1) is 46.3 Å². The fourth-order valence-electron chi connectivity index (χ4n) is 7.34. The molecule has 0 nitrogen and oxygen atoms in total. The zero-order chi connectivity index (χ0) is 7.88. The highest BCUT2D eigenvalue weighted by Crippen LogP contribution is 3.02. The van der Waals surface area contributed by atoms with Gasteiger partial charge in [-0.15, -0.1) is 0 Å². The van der Waals surface area contributed by atoms with Gasteiger partial charge in [0, 0.05) is 0 Å². The second-order valence-electron chi connectivity index (χ2n) is 6.57. The summed E-state index contributed by atoms with van der Waals surface area (Å²) in [6.07, 6.45) is 3.22. The van der Waals surface area contributed by atoms with Gasteiger partial charge in [0.05, 0.1) is 0 Å². The lowest BCUT2D eigenvalue weighted by atomic mass is 9.01. The van der Waals surface area contributed by atoms with Crippen molar-refractivity contribution in [2.24, 2.45) is 46.3 Å². The topological polar surface area (TPSA) is 0 Å². The highest BCUT2D eigenvalue weighted by atomic mass is 15.0. The third kappa shape index (κ3) is 0.211. The molecule has 0 aliphatic heterocycles. The molecule has 0 heterocycles. The smallest absolute Gasteiger partial charge is 0.0198 e. The molecule has 6 saturated carbocycles. The maximum atomic E-state index is 2.60. The molecule has 4 unspecified atom stereocenters. The van der Waals surface area contributed by atoms with Crippen LogP contribution >= 0.6 is 0 Å². The average molecular weight is 160 g/mol. The predicted molar refractivity (Wildman–Crippen MR) is 46.4 cm³/mol. The van der Waals surface area contributed by atoms with Crippen molar-refractivity contribution in [1.82, 2.24) is 0 Å². The van der Waals surface area contributed by atoms with Crippen LogP contribution in [-0.2, 0) is 0 Å². The molecular weight excluding hydrogens is 144 g/mol. The average Bonchev–Trinajstić information content (AvgIpc) is 2.14. The lowest BCUT2D eigenvalue weighted by Crippen LogP contribution is -2.99. The fourth-order valence-corrected chi connectivity index (χ4v) is 7.34. The van der Waals surface area contributed by atoms with Gasteiger partial charge in [0.1, 0.15) is 0 Å². The van der Waals surface area contributed by atoms with Gasteiger partial charge in [-0.2, -0.15) is 0 Å². The van der Waals surface area contributed by atoms with Crippen LogP contribution in [0.2, 0.25) is 0 Å². The van der Waals surface area contributed by atoms with Crippen LogP contribution in [0.15, 0.2) is 0 Å². The minimum atomic E-state index is 0.879. The molecule has 8 atom stereocenters. The zero-order valence-corrected chi connectivity index (χ0v) is 7.88. The maximum Gasteiger partial charge on any atom is -0.0198 e. The van der Waals surface area contributed by atoms with Gasteiger partial charge >= 0.3 is 0 Å².